The first-order valence-corrected chi connectivity index (χ1v) is 7.95. The van der Waals surface area contributed by atoms with Crippen molar-refractivity contribution < 1.29 is 9.47 Å². The molecule has 0 aliphatic heterocycles. The zero-order chi connectivity index (χ0) is 16.7. The smallest absolute Gasteiger partial charge is 0.170 e. The Labute approximate surface area is 146 Å². The Bertz CT molecular complexity index is 679. The van der Waals surface area contributed by atoms with Crippen molar-refractivity contribution in [2.75, 3.05) is 25.6 Å². The van der Waals surface area contributed by atoms with Gasteiger partial charge in [0.05, 0.1) is 12.3 Å². The Morgan fingerprint density at radius 1 is 1.22 bits per heavy atom. The Hall–Kier alpha value is -1.82. The summed E-state index contributed by atoms with van der Waals surface area (Å²) in [6.07, 6.45) is 0. The summed E-state index contributed by atoms with van der Waals surface area (Å²) in [6, 6.07) is 13.2. The predicted octanol–water partition coefficient (Wildman–Crippen LogP) is 4.37. The Morgan fingerprint density at radius 2 is 2.04 bits per heavy atom. The summed E-state index contributed by atoms with van der Waals surface area (Å²) in [5, 5.41) is 7.23. The maximum atomic E-state index is 6.08. The second-order valence-electron chi connectivity index (χ2n) is 4.93. The van der Waals surface area contributed by atoms with Crippen molar-refractivity contribution in [1.82, 2.24) is 5.32 Å². The van der Waals surface area contributed by atoms with E-state index in [0.717, 1.165) is 11.3 Å². The molecule has 0 unspecified atom stereocenters. The minimum Gasteiger partial charge on any atom is -0.455 e. The number of hydrogen-bond acceptors (Lipinski definition) is 3. The molecule has 0 spiro atoms. The first-order valence-electron chi connectivity index (χ1n) is 7.16. The van der Waals surface area contributed by atoms with Crippen LogP contribution in [0.2, 0.25) is 5.02 Å². The fourth-order valence-electron chi connectivity index (χ4n) is 1.93. The molecule has 0 fully saturated rings. The van der Waals surface area contributed by atoms with Crippen LogP contribution >= 0.6 is 23.8 Å². The lowest BCUT2D eigenvalue weighted by molar-refractivity contribution is 0.204. The van der Waals surface area contributed by atoms with Gasteiger partial charge < -0.3 is 20.1 Å². The molecular formula is C17H19ClN2O2S. The van der Waals surface area contributed by atoms with Crippen LogP contribution in [-0.2, 0) is 4.74 Å². The lowest BCUT2D eigenvalue weighted by Gasteiger charge is -2.15. The second kappa shape index (κ2) is 8.72. The first-order chi connectivity index (χ1) is 11.1. The van der Waals surface area contributed by atoms with E-state index in [2.05, 4.69) is 10.6 Å². The molecule has 0 saturated carbocycles. The highest BCUT2D eigenvalue weighted by Gasteiger charge is 2.08. The summed E-state index contributed by atoms with van der Waals surface area (Å²) in [6.45, 7) is 3.21. The van der Waals surface area contributed by atoms with Crippen LogP contribution in [0.5, 0.6) is 11.5 Å². The highest BCUT2D eigenvalue weighted by molar-refractivity contribution is 7.80. The molecule has 2 rings (SSSR count). The highest BCUT2D eigenvalue weighted by Crippen LogP contribution is 2.32. The summed E-state index contributed by atoms with van der Waals surface area (Å²) < 4.78 is 10.9. The number of ether oxygens (including phenoxy) is 2. The topological polar surface area (TPSA) is 42.5 Å². The number of nitrogens with one attached hydrogen (secondary N) is 2. The average Bonchev–Trinajstić information content (AvgIpc) is 2.50. The summed E-state index contributed by atoms with van der Waals surface area (Å²) in [4.78, 5) is 0. The molecule has 0 heterocycles. The third-order valence-electron chi connectivity index (χ3n) is 3.00. The summed E-state index contributed by atoms with van der Waals surface area (Å²) >= 11 is 11.3. The van der Waals surface area contributed by atoms with Crippen molar-refractivity contribution >= 4 is 34.6 Å². The quantitative estimate of drug-likeness (QED) is 0.598. The van der Waals surface area contributed by atoms with E-state index in [1.165, 1.54) is 0 Å². The molecule has 2 aromatic rings. The van der Waals surface area contributed by atoms with Crippen molar-refractivity contribution in [3.05, 3.63) is 53.1 Å². The van der Waals surface area contributed by atoms with Gasteiger partial charge in [-0.05, 0) is 55.0 Å². The van der Waals surface area contributed by atoms with Crippen LogP contribution in [0.4, 0.5) is 5.69 Å². The molecule has 6 heteroatoms. The fraction of sp³-hybridized carbons (Fsp3) is 0.235. The monoisotopic (exact) mass is 350 g/mol. The molecule has 0 radical (unpaired) electrons. The lowest BCUT2D eigenvalue weighted by atomic mass is 10.2. The van der Waals surface area contributed by atoms with Gasteiger partial charge in [-0.15, -0.1) is 0 Å². The number of hydrogen-bond donors (Lipinski definition) is 2. The van der Waals surface area contributed by atoms with E-state index in [1.807, 2.05) is 37.3 Å². The number of thiocarbonyl (C=S) groups is 1. The van der Waals surface area contributed by atoms with Crippen LogP contribution in [0.3, 0.4) is 0 Å². The van der Waals surface area contributed by atoms with E-state index in [0.29, 0.717) is 34.7 Å². The standard InChI is InChI=1S/C17H19ClN2O2S/c1-12-4-3-5-14(10-12)22-16-7-6-13(18)11-15(16)20-17(23)19-8-9-21-2/h3-7,10-11H,8-9H2,1-2H3,(H2,19,20,23). The average molecular weight is 351 g/mol. The van der Waals surface area contributed by atoms with Crippen molar-refractivity contribution in [1.29, 1.82) is 0 Å². The minimum absolute atomic E-state index is 0.485. The van der Waals surface area contributed by atoms with Gasteiger partial charge in [0.2, 0.25) is 0 Å². The molecular weight excluding hydrogens is 332 g/mol. The molecule has 0 amide bonds. The Morgan fingerprint density at radius 3 is 2.78 bits per heavy atom. The molecule has 0 aliphatic carbocycles. The van der Waals surface area contributed by atoms with Crippen LogP contribution in [0.1, 0.15) is 5.56 Å². The lowest BCUT2D eigenvalue weighted by Crippen LogP contribution is -2.31. The van der Waals surface area contributed by atoms with E-state index in [9.17, 15) is 0 Å². The van der Waals surface area contributed by atoms with Gasteiger partial charge in [0.15, 0.2) is 10.9 Å². The molecule has 122 valence electrons. The number of methoxy groups -OCH3 is 1. The SMILES string of the molecule is COCCNC(=S)Nc1cc(Cl)ccc1Oc1cccc(C)c1. The summed E-state index contributed by atoms with van der Waals surface area (Å²) in [5.74, 6) is 1.41. The molecule has 0 saturated heterocycles. The minimum atomic E-state index is 0.485. The predicted molar refractivity (Wildman–Crippen MR) is 98.8 cm³/mol. The number of anilines is 1. The second-order valence-corrected chi connectivity index (χ2v) is 5.78. The molecule has 0 aromatic heterocycles. The Kier molecular flexibility index (Phi) is 6.65. The van der Waals surface area contributed by atoms with Crippen LogP contribution in [0.25, 0.3) is 0 Å². The van der Waals surface area contributed by atoms with Crippen LogP contribution in [0, 0.1) is 6.92 Å². The first kappa shape index (κ1) is 17.5. The normalized spacial score (nSPS) is 10.2. The summed E-state index contributed by atoms with van der Waals surface area (Å²) in [7, 11) is 1.64. The third-order valence-corrected chi connectivity index (χ3v) is 3.48. The largest absolute Gasteiger partial charge is 0.455 e. The van der Waals surface area contributed by atoms with E-state index in [4.69, 9.17) is 33.3 Å². The molecule has 2 aromatic carbocycles. The van der Waals surface area contributed by atoms with E-state index in [1.54, 1.807) is 19.2 Å². The summed E-state index contributed by atoms with van der Waals surface area (Å²) in [5.41, 5.74) is 1.83. The maximum absolute atomic E-state index is 6.08. The molecule has 4 nitrogen and oxygen atoms in total. The molecule has 0 bridgehead atoms. The van der Waals surface area contributed by atoms with Gasteiger partial charge in [0, 0.05) is 18.7 Å². The molecule has 0 atom stereocenters. The fourth-order valence-corrected chi connectivity index (χ4v) is 2.31. The van der Waals surface area contributed by atoms with Gasteiger partial charge in [-0.2, -0.15) is 0 Å². The van der Waals surface area contributed by atoms with E-state index < -0.39 is 0 Å². The Balaban J connectivity index is 2.12. The van der Waals surface area contributed by atoms with E-state index in [-0.39, 0.29) is 0 Å². The van der Waals surface area contributed by atoms with Crippen LogP contribution in [0.15, 0.2) is 42.5 Å². The van der Waals surface area contributed by atoms with Crippen molar-refractivity contribution in [3.63, 3.8) is 0 Å². The number of benzene rings is 2. The maximum Gasteiger partial charge on any atom is 0.170 e. The van der Waals surface area contributed by atoms with Gasteiger partial charge in [-0.25, -0.2) is 0 Å². The molecule has 23 heavy (non-hydrogen) atoms. The van der Waals surface area contributed by atoms with Crippen molar-refractivity contribution in [2.45, 2.75) is 6.92 Å². The van der Waals surface area contributed by atoms with E-state index >= 15 is 0 Å². The highest BCUT2D eigenvalue weighted by atomic mass is 35.5. The van der Waals surface area contributed by atoms with Gasteiger partial charge in [0.25, 0.3) is 0 Å². The number of rotatable bonds is 6. The van der Waals surface area contributed by atoms with Gasteiger partial charge in [0.1, 0.15) is 5.75 Å². The van der Waals surface area contributed by atoms with Gasteiger partial charge in [-0.1, -0.05) is 23.7 Å². The van der Waals surface area contributed by atoms with Crippen LogP contribution in [-0.4, -0.2) is 25.4 Å². The zero-order valence-electron chi connectivity index (χ0n) is 13.1. The van der Waals surface area contributed by atoms with Gasteiger partial charge in [-0.3, -0.25) is 0 Å². The molecule has 0 aliphatic rings. The van der Waals surface area contributed by atoms with Gasteiger partial charge >= 0.3 is 0 Å². The number of aryl methyl sites for hydroxylation is 1. The zero-order valence-corrected chi connectivity index (χ0v) is 14.6. The number of halogens is 1. The van der Waals surface area contributed by atoms with Crippen molar-refractivity contribution in [3.8, 4) is 11.5 Å². The van der Waals surface area contributed by atoms with Crippen molar-refractivity contribution in [2.24, 2.45) is 0 Å². The third kappa shape index (κ3) is 5.71. The van der Waals surface area contributed by atoms with Crippen LogP contribution < -0.4 is 15.4 Å². The molecule has 2 N–H and O–H groups in total.